The fourth-order valence-electron chi connectivity index (χ4n) is 3.92. The van der Waals surface area contributed by atoms with E-state index in [9.17, 15) is 4.79 Å². The molecule has 4 rings (SSSR count). The summed E-state index contributed by atoms with van der Waals surface area (Å²) in [5, 5.41) is 0. The highest BCUT2D eigenvalue weighted by atomic mass is 16.5. The predicted molar refractivity (Wildman–Crippen MR) is 124 cm³/mol. The van der Waals surface area contributed by atoms with Gasteiger partial charge < -0.3 is 9.64 Å². The molecule has 1 fully saturated rings. The van der Waals surface area contributed by atoms with E-state index in [2.05, 4.69) is 35.7 Å². The molecule has 0 radical (unpaired) electrons. The number of hydrogen-bond acceptors (Lipinski definition) is 5. The lowest BCUT2D eigenvalue weighted by atomic mass is 10.2. The summed E-state index contributed by atoms with van der Waals surface area (Å²) in [7, 11) is 2.19. The van der Waals surface area contributed by atoms with Crippen molar-refractivity contribution in [1.29, 1.82) is 0 Å². The fourth-order valence-corrected chi connectivity index (χ4v) is 3.92. The largest absolute Gasteiger partial charge is 0.489 e. The lowest BCUT2D eigenvalue weighted by Gasteiger charge is -2.28. The van der Waals surface area contributed by atoms with Crippen LogP contribution in [0.5, 0.6) is 5.75 Å². The highest BCUT2D eigenvalue weighted by Gasteiger charge is 2.27. The molecule has 3 aromatic rings. The molecule has 0 amide bonds. The van der Waals surface area contributed by atoms with Crippen LogP contribution in [0, 0.1) is 0 Å². The van der Waals surface area contributed by atoms with Crippen molar-refractivity contribution in [2.45, 2.75) is 39.0 Å². The summed E-state index contributed by atoms with van der Waals surface area (Å²) < 4.78 is 7.35. The van der Waals surface area contributed by atoms with Gasteiger partial charge in [0.05, 0.1) is 11.9 Å². The maximum atomic E-state index is 12.6. The van der Waals surface area contributed by atoms with Crippen LogP contribution >= 0.6 is 0 Å². The van der Waals surface area contributed by atoms with Crippen molar-refractivity contribution in [2.75, 3.05) is 25.0 Å². The van der Waals surface area contributed by atoms with Crippen molar-refractivity contribution < 1.29 is 4.74 Å². The zero-order valence-electron chi connectivity index (χ0n) is 18.4. The number of pyridine rings is 2. The zero-order chi connectivity index (χ0) is 21.8. The van der Waals surface area contributed by atoms with Gasteiger partial charge in [-0.3, -0.25) is 14.3 Å². The van der Waals surface area contributed by atoms with Gasteiger partial charge in [0.25, 0.3) is 5.56 Å². The number of nitrogens with zero attached hydrogens (tertiary/aromatic N) is 4. The van der Waals surface area contributed by atoms with Crippen LogP contribution in [-0.2, 0) is 6.61 Å². The van der Waals surface area contributed by atoms with Crippen molar-refractivity contribution >= 4 is 5.82 Å². The topological polar surface area (TPSA) is 50.6 Å². The van der Waals surface area contributed by atoms with E-state index in [4.69, 9.17) is 4.74 Å². The Balaban J connectivity index is 1.41. The minimum Gasteiger partial charge on any atom is -0.489 e. The molecule has 1 atom stereocenters. The molecule has 0 bridgehead atoms. The van der Waals surface area contributed by atoms with Gasteiger partial charge in [0, 0.05) is 37.4 Å². The number of anilines is 1. The molecule has 3 heterocycles. The van der Waals surface area contributed by atoms with Crippen LogP contribution < -0.4 is 15.2 Å². The van der Waals surface area contributed by atoms with Crippen molar-refractivity contribution in [3.8, 4) is 11.4 Å². The van der Waals surface area contributed by atoms with E-state index in [-0.39, 0.29) is 5.56 Å². The number of ether oxygens (including phenoxy) is 1. The summed E-state index contributed by atoms with van der Waals surface area (Å²) in [4.78, 5) is 22.0. The number of rotatable bonds is 7. The molecule has 6 heteroatoms. The fraction of sp³-hybridized carbons (Fsp3) is 0.360. The average Bonchev–Trinajstić information content (AvgIpc) is 3.28. The van der Waals surface area contributed by atoms with Gasteiger partial charge in [0.15, 0.2) is 0 Å². The van der Waals surface area contributed by atoms with E-state index in [0.717, 1.165) is 36.6 Å². The van der Waals surface area contributed by atoms with Crippen molar-refractivity contribution in [3.05, 3.63) is 82.9 Å². The monoisotopic (exact) mass is 418 g/mol. The smallest absolute Gasteiger partial charge is 0.258 e. The van der Waals surface area contributed by atoms with Gasteiger partial charge >= 0.3 is 0 Å². The quantitative estimate of drug-likeness (QED) is 0.585. The van der Waals surface area contributed by atoms with E-state index in [1.807, 2.05) is 48.5 Å². The van der Waals surface area contributed by atoms with Gasteiger partial charge in [-0.1, -0.05) is 30.3 Å². The first kappa shape index (κ1) is 21.1. The van der Waals surface area contributed by atoms with Crippen LogP contribution in [0.15, 0.2) is 71.8 Å². The SMILES string of the molecule is CC(C)N(C)[C@H]1CCN(c2ccc(-n3ccc(OCc4ccccc4)cc3=O)cn2)C1. The first-order valence-electron chi connectivity index (χ1n) is 10.8. The minimum absolute atomic E-state index is 0.139. The number of likely N-dealkylation sites (N-methyl/N-ethyl adjacent to an activating group) is 1. The Labute approximate surface area is 183 Å². The molecular formula is C25H30N4O2. The summed E-state index contributed by atoms with van der Waals surface area (Å²) >= 11 is 0. The zero-order valence-corrected chi connectivity index (χ0v) is 18.4. The molecule has 6 nitrogen and oxygen atoms in total. The van der Waals surface area contributed by atoms with Crippen LogP contribution in [0.3, 0.4) is 0 Å². The second-order valence-electron chi connectivity index (χ2n) is 8.37. The van der Waals surface area contributed by atoms with Crippen molar-refractivity contribution in [1.82, 2.24) is 14.5 Å². The molecule has 0 spiro atoms. The van der Waals surface area contributed by atoms with Crippen molar-refractivity contribution in [2.24, 2.45) is 0 Å². The summed E-state index contributed by atoms with van der Waals surface area (Å²) in [5.74, 6) is 1.52. The van der Waals surface area contributed by atoms with Gasteiger partial charge in [0.1, 0.15) is 18.2 Å². The van der Waals surface area contributed by atoms with Gasteiger partial charge in [-0.15, -0.1) is 0 Å². The third kappa shape index (κ3) is 4.97. The molecule has 1 aromatic carbocycles. The van der Waals surface area contributed by atoms with E-state index >= 15 is 0 Å². The number of hydrogen-bond donors (Lipinski definition) is 0. The Morgan fingerprint density at radius 3 is 2.65 bits per heavy atom. The third-order valence-electron chi connectivity index (χ3n) is 6.03. The summed E-state index contributed by atoms with van der Waals surface area (Å²) in [6, 6.07) is 18.3. The van der Waals surface area contributed by atoms with Crippen LogP contribution in [0.25, 0.3) is 5.69 Å². The number of benzene rings is 1. The molecule has 0 N–H and O–H groups in total. The maximum Gasteiger partial charge on any atom is 0.258 e. The Morgan fingerprint density at radius 2 is 1.97 bits per heavy atom. The first-order chi connectivity index (χ1) is 15.0. The third-order valence-corrected chi connectivity index (χ3v) is 6.03. The van der Waals surface area contributed by atoms with E-state index in [1.54, 1.807) is 17.0 Å². The lowest BCUT2D eigenvalue weighted by Crippen LogP contribution is -2.39. The first-order valence-corrected chi connectivity index (χ1v) is 10.8. The maximum absolute atomic E-state index is 12.6. The summed E-state index contributed by atoms with van der Waals surface area (Å²) in [5.41, 5.74) is 1.67. The molecule has 1 saturated heterocycles. The standard InChI is InChI=1S/C25H30N4O2/c1-19(2)27(3)22-11-13-28(17-22)24-10-9-21(16-26-24)29-14-12-23(15-25(29)30)31-18-20-7-5-4-6-8-20/h4-10,12,14-16,19,22H,11,13,17-18H2,1-3H3/t22-/m0/s1. The van der Waals surface area contributed by atoms with Crippen LogP contribution in [0.4, 0.5) is 5.82 Å². The molecule has 0 unspecified atom stereocenters. The Bertz CT molecular complexity index is 1050. The normalized spacial score (nSPS) is 16.3. The van der Waals surface area contributed by atoms with Crippen LogP contribution in [0.2, 0.25) is 0 Å². The average molecular weight is 419 g/mol. The van der Waals surface area contributed by atoms with Gasteiger partial charge in [0.2, 0.25) is 0 Å². The Hall–Kier alpha value is -3.12. The van der Waals surface area contributed by atoms with Crippen molar-refractivity contribution in [3.63, 3.8) is 0 Å². The molecular weight excluding hydrogens is 388 g/mol. The van der Waals surface area contributed by atoms with Crippen LogP contribution in [0.1, 0.15) is 25.8 Å². The van der Waals surface area contributed by atoms with E-state index < -0.39 is 0 Å². The molecule has 162 valence electrons. The van der Waals surface area contributed by atoms with Gasteiger partial charge in [-0.2, -0.15) is 0 Å². The molecule has 1 aliphatic heterocycles. The summed E-state index contributed by atoms with van der Waals surface area (Å²) in [6.45, 7) is 6.87. The lowest BCUT2D eigenvalue weighted by molar-refractivity contribution is 0.209. The molecule has 2 aromatic heterocycles. The minimum atomic E-state index is -0.139. The second kappa shape index (κ2) is 9.35. The number of aromatic nitrogens is 2. The summed E-state index contributed by atoms with van der Waals surface area (Å²) in [6.07, 6.45) is 4.64. The van der Waals surface area contributed by atoms with E-state index in [1.165, 1.54) is 6.07 Å². The molecule has 0 aliphatic carbocycles. The van der Waals surface area contributed by atoms with Crippen LogP contribution in [-0.4, -0.2) is 46.7 Å². The highest BCUT2D eigenvalue weighted by Crippen LogP contribution is 2.22. The Morgan fingerprint density at radius 1 is 1.16 bits per heavy atom. The Kier molecular flexibility index (Phi) is 6.37. The van der Waals surface area contributed by atoms with Gasteiger partial charge in [-0.05, 0) is 51.1 Å². The van der Waals surface area contributed by atoms with E-state index in [0.29, 0.717) is 24.4 Å². The second-order valence-corrected chi connectivity index (χ2v) is 8.37. The predicted octanol–water partition coefficient (Wildman–Crippen LogP) is 3.73. The molecule has 0 saturated carbocycles. The highest BCUT2D eigenvalue weighted by molar-refractivity contribution is 5.45. The van der Waals surface area contributed by atoms with Gasteiger partial charge in [-0.25, -0.2) is 4.98 Å². The molecule has 1 aliphatic rings. The molecule has 31 heavy (non-hydrogen) atoms.